The Morgan fingerprint density at radius 3 is 0.907 bits per heavy atom. The largest absolute Gasteiger partial charge is 0.378 e. The first-order chi connectivity index (χ1) is 20.1. The zero-order valence-electron chi connectivity index (χ0n) is 22.3. The molecule has 43 heavy (non-hydrogen) atoms. The molecule has 2 atom stereocenters. The van der Waals surface area contributed by atoms with Crippen LogP contribution in [0.3, 0.4) is 0 Å². The van der Waals surface area contributed by atoms with Gasteiger partial charge in [0.05, 0.1) is 40.2 Å². The quantitative estimate of drug-likeness (QED) is 0.207. The third-order valence-electron chi connectivity index (χ3n) is 7.36. The van der Waals surface area contributed by atoms with Crippen molar-refractivity contribution in [2.45, 2.75) is 43.0 Å². The average molecular weight is 742 g/mol. The molecule has 1 fully saturated rings. The van der Waals surface area contributed by atoms with Gasteiger partial charge in [-0.2, -0.15) is 0 Å². The van der Waals surface area contributed by atoms with Crippen molar-refractivity contribution in [3.8, 4) is 0 Å². The van der Waals surface area contributed by atoms with Crippen molar-refractivity contribution in [2.24, 2.45) is 0 Å². The van der Waals surface area contributed by atoms with E-state index >= 15 is 0 Å². The molecule has 1 heterocycles. The van der Waals surface area contributed by atoms with Crippen LogP contribution in [0.4, 0.5) is 0 Å². The number of ether oxygens (including phenoxy) is 2. The topological polar surface area (TPSA) is 58.9 Å². The van der Waals surface area contributed by atoms with E-state index in [2.05, 4.69) is 0 Å². The van der Waals surface area contributed by atoms with Gasteiger partial charge in [-0.05, 0) is 84.6 Å². The van der Waals surface area contributed by atoms with Gasteiger partial charge in [0.1, 0.15) is 23.4 Å². The van der Waals surface area contributed by atoms with Gasteiger partial charge >= 0.3 is 0 Å². The van der Waals surface area contributed by atoms with E-state index in [-0.39, 0.29) is 62.4 Å². The van der Waals surface area contributed by atoms with Crippen molar-refractivity contribution in [3.05, 3.63) is 135 Å². The van der Waals surface area contributed by atoms with Crippen LogP contribution in [-0.2, 0) is 20.7 Å². The molecule has 0 aliphatic carbocycles. The first-order valence-corrected chi connectivity index (χ1v) is 15.7. The predicted molar refractivity (Wildman–Crippen MR) is 176 cm³/mol. The van der Waals surface area contributed by atoms with E-state index < -0.39 is 29.2 Å². The monoisotopic (exact) mass is 738 g/mol. The van der Waals surface area contributed by atoms with Crippen molar-refractivity contribution in [1.82, 2.24) is 0 Å². The van der Waals surface area contributed by atoms with Crippen molar-refractivity contribution in [3.63, 3.8) is 0 Å². The lowest BCUT2D eigenvalue weighted by atomic mass is 9.72. The summed E-state index contributed by atoms with van der Waals surface area (Å²) in [7, 11) is 0. The average Bonchev–Trinajstić information content (AvgIpc) is 3.30. The minimum atomic E-state index is -2.05. The normalized spacial score (nSPS) is 18.7. The van der Waals surface area contributed by atoms with E-state index in [1.54, 1.807) is 62.4 Å². The fourth-order valence-electron chi connectivity index (χ4n) is 5.29. The van der Waals surface area contributed by atoms with E-state index in [1.165, 1.54) is 24.3 Å². The van der Waals surface area contributed by atoms with E-state index in [0.717, 1.165) is 0 Å². The molecule has 0 aromatic heterocycles. The highest BCUT2D eigenvalue weighted by Crippen LogP contribution is 2.52. The fourth-order valence-corrected chi connectivity index (χ4v) is 6.49. The Morgan fingerprint density at radius 1 is 0.465 bits per heavy atom. The minimum absolute atomic E-state index is 0.177. The first-order valence-electron chi connectivity index (χ1n) is 12.7. The van der Waals surface area contributed by atoms with E-state index in [9.17, 15) is 10.2 Å². The van der Waals surface area contributed by atoms with Crippen LogP contribution in [0.2, 0.25) is 40.2 Å². The Morgan fingerprint density at radius 2 is 0.698 bits per heavy atom. The van der Waals surface area contributed by atoms with Crippen molar-refractivity contribution in [1.29, 1.82) is 0 Å². The SMILES string of the molecule is CC1(C)O[C@@H](C(O)(c2ccc(Cl)c(Cl)c2)c2ccc(Cl)c(Cl)c2)[C@H](C(O)(c2ccc(Cl)c(Cl)c2)c2ccc(Cl)c(Cl)c2)O1. The summed E-state index contributed by atoms with van der Waals surface area (Å²) in [6, 6.07) is 18.6. The van der Waals surface area contributed by atoms with Gasteiger partial charge in [-0.1, -0.05) is 117 Å². The van der Waals surface area contributed by atoms with Crippen LogP contribution in [0.15, 0.2) is 72.8 Å². The van der Waals surface area contributed by atoms with Gasteiger partial charge in [0, 0.05) is 0 Å². The number of halogens is 8. The lowest BCUT2D eigenvalue weighted by Crippen LogP contribution is -2.55. The maximum absolute atomic E-state index is 12.9. The molecular formula is C31H22Cl8O4. The summed E-state index contributed by atoms with van der Waals surface area (Å²) in [6.07, 6.45) is -2.66. The molecular weight excluding hydrogens is 720 g/mol. The third kappa shape index (κ3) is 6.13. The van der Waals surface area contributed by atoms with E-state index in [0.29, 0.717) is 0 Å². The summed E-state index contributed by atoms with van der Waals surface area (Å²) in [6.45, 7) is 3.32. The zero-order chi connectivity index (χ0) is 31.5. The Balaban J connectivity index is 1.83. The number of benzene rings is 4. The zero-order valence-corrected chi connectivity index (χ0v) is 28.4. The second kappa shape index (κ2) is 12.3. The molecule has 4 aromatic rings. The molecule has 2 N–H and O–H groups in total. The highest BCUT2D eigenvalue weighted by Gasteiger charge is 2.61. The van der Waals surface area contributed by atoms with Crippen LogP contribution in [0.5, 0.6) is 0 Å². The van der Waals surface area contributed by atoms with Gasteiger partial charge in [-0.15, -0.1) is 0 Å². The van der Waals surface area contributed by atoms with Gasteiger partial charge in [0.25, 0.3) is 0 Å². The Hall–Kier alpha value is -0.960. The summed E-state index contributed by atoms with van der Waals surface area (Å²) in [5.74, 6) is -1.32. The van der Waals surface area contributed by atoms with E-state index in [4.69, 9.17) is 102 Å². The summed E-state index contributed by atoms with van der Waals surface area (Å²) >= 11 is 50.8. The standard InChI is InChI=1S/C31H22Cl8O4/c1-29(2)42-27(30(40,15-3-7-19(32)23(36)11-15)16-4-8-20(33)24(37)12-16)28(43-29)31(41,17-5-9-21(34)25(38)13-17)18-6-10-22(35)26(39)14-18/h3-14,27-28,40-41H,1-2H3/t27-,28-/m1/s1. The van der Waals surface area contributed by atoms with Crippen molar-refractivity contribution >= 4 is 92.8 Å². The first kappa shape index (κ1) is 33.4. The molecule has 1 saturated heterocycles. The van der Waals surface area contributed by atoms with Gasteiger partial charge in [-0.3, -0.25) is 0 Å². The number of aliphatic hydroxyl groups is 2. The predicted octanol–water partition coefficient (Wildman–Crippen LogP) is 10.6. The van der Waals surface area contributed by atoms with Crippen molar-refractivity contribution in [2.75, 3.05) is 0 Å². The highest BCUT2D eigenvalue weighted by atomic mass is 35.5. The second-order valence-corrected chi connectivity index (χ2v) is 13.8. The molecule has 0 amide bonds. The van der Waals surface area contributed by atoms with Gasteiger partial charge in [-0.25, -0.2) is 0 Å². The van der Waals surface area contributed by atoms with E-state index in [1.807, 2.05) is 0 Å². The van der Waals surface area contributed by atoms with Gasteiger partial charge in [0.15, 0.2) is 5.79 Å². The van der Waals surface area contributed by atoms with Crippen LogP contribution in [0, 0.1) is 0 Å². The van der Waals surface area contributed by atoms with Gasteiger partial charge < -0.3 is 19.7 Å². The molecule has 0 spiro atoms. The molecule has 0 bridgehead atoms. The van der Waals surface area contributed by atoms with Gasteiger partial charge in [0.2, 0.25) is 0 Å². The summed E-state index contributed by atoms with van der Waals surface area (Å²) in [5.41, 5.74) is -2.99. The number of hydrogen-bond donors (Lipinski definition) is 2. The molecule has 5 rings (SSSR count). The highest BCUT2D eigenvalue weighted by molar-refractivity contribution is 6.43. The second-order valence-electron chi connectivity index (χ2n) is 10.5. The van der Waals surface area contributed by atoms with Crippen LogP contribution in [-0.4, -0.2) is 28.2 Å². The summed E-state index contributed by atoms with van der Waals surface area (Å²) in [5, 5.41) is 27.6. The van der Waals surface area contributed by atoms with Crippen LogP contribution in [0.25, 0.3) is 0 Å². The summed E-state index contributed by atoms with van der Waals surface area (Å²) < 4.78 is 12.9. The number of hydrogen-bond acceptors (Lipinski definition) is 4. The Bertz CT molecular complexity index is 1480. The minimum Gasteiger partial charge on any atom is -0.378 e. The Kier molecular flexibility index (Phi) is 9.58. The van der Waals surface area contributed by atoms with Crippen LogP contribution in [0.1, 0.15) is 36.1 Å². The molecule has 0 saturated carbocycles. The van der Waals surface area contributed by atoms with Crippen LogP contribution < -0.4 is 0 Å². The molecule has 0 unspecified atom stereocenters. The maximum Gasteiger partial charge on any atom is 0.164 e. The molecule has 1 aliphatic rings. The smallest absolute Gasteiger partial charge is 0.164 e. The maximum atomic E-state index is 12.9. The molecule has 4 nitrogen and oxygen atoms in total. The fraction of sp³-hybridized carbons (Fsp3) is 0.226. The molecule has 0 radical (unpaired) electrons. The molecule has 4 aromatic carbocycles. The lowest BCUT2D eigenvalue weighted by Gasteiger charge is -2.42. The third-order valence-corrected chi connectivity index (χ3v) is 10.3. The van der Waals surface area contributed by atoms with Crippen molar-refractivity contribution < 1.29 is 19.7 Å². The molecule has 1 aliphatic heterocycles. The lowest BCUT2D eigenvalue weighted by molar-refractivity contribution is -0.172. The number of rotatable bonds is 6. The Labute approximate surface area is 288 Å². The van der Waals surface area contributed by atoms with Crippen LogP contribution >= 0.6 is 92.8 Å². The summed E-state index contributed by atoms with van der Waals surface area (Å²) in [4.78, 5) is 0. The molecule has 12 heteroatoms. The molecule has 226 valence electrons.